The molecule has 1 aliphatic carbocycles. The maximum Gasteiger partial charge on any atom is 0.0413 e. The third-order valence-electron chi connectivity index (χ3n) is 6.53. The molecule has 0 amide bonds. The lowest BCUT2D eigenvalue weighted by Crippen LogP contribution is -2.17. The number of nitrogens with one attached hydrogen (secondary N) is 1. The lowest BCUT2D eigenvalue weighted by atomic mass is 9.89. The number of rotatable bonds is 6. The summed E-state index contributed by atoms with van der Waals surface area (Å²) in [5.74, 6) is 0. The number of dihydropyridines is 1. The van der Waals surface area contributed by atoms with Crippen molar-refractivity contribution in [1.29, 1.82) is 0 Å². The molecule has 0 radical (unpaired) electrons. The van der Waals surface area contributed by atoms with Gasteiger partial charge in [0.25, 0.3) is 0 Å². The third-order valence-corrected chi connectivity index (χ3v) is 7.45. The first-order valence-electron chi connectivity index (χ1n) is 12.3. The van der Waals surface area contributed by atoms with Gasteiger partial charge in [-0.25, -0.2) is 0 Å². The van der Waals surface area contributed by atoms with Gasteiger partial charge in [-0.05, 0) is 119 Å². The van der Waals surface area contributed by atoms with Crippen LogP contribution in [0.4, 0.5) is 0 Å². The number of hydrogen-bond donors (Lipinski definition) is 1. The van der Waals surface area contributed by atoms with E-state index in [4.69, 9.17) is 0 Å². The molecular weight excluding hydrogens is 442 g/mol. The molecule has 1 nitrogen and oxygen atoms in total. The highest BCUT2D eigenvalue weighted by Crippen LogP contribution is 2.35. The molecule has 2 heteroatoms. The van der Waals surface area contributed by atoms with Crippen LogP contribution in [-0.4, -0.2) is 6.54 Å². The normalized spacial score (nSPS) is 16.1. The molecule has 3 aromatic rings. The molecule has 0 saturated carbocycles. The second kappa shape index (κ2) is 10.8. The molecule has 5 rings (SSSR count). The van der Waals surface area contributed by atoms with Crippen LogP contribution in [0.25, 0.3) is 32.7 Å². The average molecular weight is 474 g/mol. The molecule has 1 N–H and O–H groups in total. The molecule has 2 aromatic carbocycles. The van der Waals surface area contributed by atoms with Crippen molar-refractivity contribution in [2.24, 2.45) is 0 Å². The Hall–Kier alpha value is -3.62. The third kappa shape index (κ3) is 5.39. The first-order chi connectivity index (χ1) is 17.2. The first-order valence-corrected chi connectivity index (χ1v) is 13.2. The zero-order chi connectivity index (χ0) is 24.0. The molecule has 0 atom stereocenters. The standard InChI is InChI=1S/C33H31NS/c1-3-4-10-24(2)29-21-30(23-31(22-29)33-16-9-18-35-33)27-13-7-11-25(19-27)26-12-8-14-28(20-26)32-15-5-6-17-34-32/h3-7,9-11,13-16,18-23,34H,8,12,17H2,1-2H3/b4-3-,24-10+. The number of allylic oxidation sites excluding steroid dienone is 9. The van der Waals surface area contributed by atoms with Gasteiger partial charge in [0, 0.05) is 17.1 Å². The summed E-state index contributed by atoms with van der Waals surface area (Å²) in [5.41, 5.74) is 11.6. The molecule has 0 spiro atoms. The summed E-state index contributed by atoms with van der Waals surface area (Å²) >= 11 is 1.79. The van der Waals surface area contributed by atoms with Crippen LogP contribution in [0.2, 0.25) is 0 Å². The number of thiophene rings is 1. The van der Waals surface area contributed by atoms with Gasteiger partial charge in [0.05, 0.1) is 0 Å². The van der Waals surface area contributed by atoms with Crippen LogP contribution in [0, 0.1) is 0 Å². The van der Waals surface area contributed by atoms with E-state index in [2.05, 4.69) is 128 Å². The van der Waals surface area contributed by atoms with Crippen LogP contribution < -0.4 is 5.32 Å². The Morgan fingerprint density at radius 3 is 2.63 bits per heavy atom. The Kier molecular flexibility index (Phi) is 7.11. The van der Waals surface area contributed by atoms with Gasteiger partial charge in [-0.15, -0.1) is 11.3 Å². The van der Waals surface area contributed by atoms with Gasteiger partial charge >= 0.3 is 0 Å². The van der Waals surface area contributed by atoms with Crippen molar-refractivity contribution in [2.45, 2.75) is 26.7 Å². The van der Waals surface area contributed by atoms with E-state index in [1.54, 1.807) is 11.3 Å². The maximum absolute atomic E-state index is 3.50. The highest BCUT2D eigenvalue weighted by Gasteiger charge is 2.13. The molecule has 2 aliphatic rings. The van der Waals surface area contributed by atoms with Crippen LogP contribution in [-0.2, 0) is 0 Å². The molecule has 0 unspecified atom stereocenters. The Bertz CT molecular complexity index is 1390. The van der Waals surface area contributed by atoms with E-state index < -0.39 is 0 Å². The SMILES string of the molecule is C/C=C\C=C(/C)c1cc(-c2cccc(C3=CC(C4=CC=CCN4)=CCC3)c2)cc(-c2cccs2)c1. The van der Waals surface area contributed by atoms with Crippen LogP contribution >= 0.6 is 11.3 Å². The summed E-state index contributed by atoms with van der Waals surface area (Å²) in [6, 6.07) is 20.4. The minimum absolute atomic E-state index is 0.895. The fourth-order valence-corrected chi connectivity index (χ4v) is 5.33. The quantitative estimate of drug-likeness (QED) is 0.352. The summed E-state index contributed by atoms with van der Waals surface area (Å²) in [7, 11) is 0. The fraction of sp³-hybridized carbons (Fsp3) is 0.152. The summed E-state index contributed by atoms with van der Waals surface area (Å²) in [6.45, 7) is 5.14. The lowest BCUT2D eigenvalue weighted by molar-refractivity contribution is 0.897. The van der Waals surface area contributed by atoms with Crippen molar-refractivity contribution >= 4 is 22.5 Å². The number of hydrogen-bond acceptors (Lipinski definition) is 2. The fourth-order valence-electron chi connectivity index (χ4n) is 4.62. The van der Waals surface area contributed by atoms with Crippen molar-refractivity contribution in [3.8, 4) is 21.6 Å². The smallest absolute Gasteiger partial charge is 0.0413 e. The molecule has 0 saturated heterocycles. The van der Waals surface area contributed by atoms with E-state index >= 15 is 0 Å². The van der Waals surface area contributed by atoms with Crippen molar-refractivity contribution in [2.75, 3.05) is 6.54 Å². The molecule has 35 heavy (non-hydrogen) atoms. The maximum atomic E-state index is 3.50. The van der Waals surface area contributed by atoms with E-state index in [9.17, 15) is 0 Å². The molecule has 0 fully saturated rings. The summed E-state index contributed by atoms with van der Waals surface area (Å²) < 4.78 is 0. The van der Waals surface area contributed by atoms with Crippen LogP contribution in [0.1, 0.15) is 37.8 Å². The topological polar surface area (TPSA) is 12.0 Å². The van der Waals surface area contributed by atoms with E-state index in [1.807, 2.05) is 0 Å². The Balaban J connectivity index is 1.54. The molecule has 174 valence electrons. The van der Waals surface area contributed by atoms with E-state index in [0.29, 0.717) is 0 Å². The second-order valence-corrected chi connectivity index (χ2v) is 9.94. The largest absolute Gasteiger partial charge is 0.381 e. The Morgan fingerprint density at radius 2 is 1.83 bits per heavy atom. The first kappa shape index (κ1) is 23.1. The molecule has 1 aromatic heterocycles. The predicted molar refractivity (Wildman–Crippen MR) is 154 cm³/mol. The predicted octanol–water partition coefficient (Wildman–Crippen LogP) is 9.21. The van der Waals surface area contributed by atoms with Crippen molar-refractivity contribution in [3.05, 3.63) is 131 Å². The lowest BCUT2D eigenvalue weighted by Gasteiger charge is -2.19. The van der Waals surface area contributed by atoms with Gasteiger partial charge in [-0.3, -0.25) is 0 Å². The van der Waals surface area contributed by atoms with Gasteiger partial charge in [0.1, 0.15) is 0 Å². The van der Waals surface area contributed by atoms with Crippen LogP contribution in [0.3, 0.4) is 0 Å². The summed E-state index contributed by atoms with van der Waals surface area (Å²) in [6.07, 6.45) is 19.7. The van der Waals surface area contributed by atoms with Gasteiger partial charge in [-0.1, -0.05) is 60.7 Å². The molecule has 2 heterocycles. The highest BCUT2D eigenvalue weighted by molar-refractivity contribution is 7.13. The summed E-state index contributed by atoms with van der Waals surface area (Å²) in [4.78, 5) is 1.30. The molecular formula is C33H31NS. The van der Waals surface area contributed by atoms with Gasteiger partial charge in [0.15, 0.2) is 0 Å². The molecule has 1 aliphatic heterocycles. The number of benzene rings is 2. The Morgan fingerprint density at radius 1 is 0.971 bits per heavy atom. The van der Waals surface area contributed by atoms with E-state index in [1.165, 1.54) is 55.1 Å². The van der Waals surface area contributed by atoms with Gasteiger partial charge in [-0.2, -0.15) is 0 Å². The second-order valence-electron chi connectivity index (χ2n) is 8.99. The van der Waals surface area contributed by atoms with Gasteiger partial charge in [0.2, 0.25) is 0 Å². The van der Waals surface area contributed by atoms with Crippen molar-refractivity contribution < 1.29 is 0 Å². The van der Waals surface area contributed by atoms with E-state index in [0.717, 1.165) is 19.4 Å². The van der Waals surface area contributed by atoms with Crippen molar-refractivity contribution in [3.63, 3.8) is 0 Å². The van der Waals surface area contributed by atoms with Crippen molar-refractivity contribution in [1.82, 2.24) is 5.32 Å². The van der Waals surface area contributed by atoms with Crippen LogP contribution in [0.5, 0.6) is 0 Å². The highest BCUT2D eigenvalue weighted by atomic mass is 32.1. The van der Waals surface area contributed by atoms with Gasteiger partial charge < -0.3 is 5.32 Å². The van der Waals surface area contributed by atoms with E-state index in [-0.39, 0.29) is 0 Å². The molecule has 0 bridgehead atoms. The minimum Gasteiger partial charge on any atom is -0.381 e. The zero-order valence-electron chi connectivity index (χ0n) is 20.4. The van der Waals surface area contributed by atoms with Crippen LogP contribution in [0.15, 0.2) is 120 Å². The average Bonchev–Trinajstić information content (AvgIpc) is 3.47. The zero-order valence-corrected chi connectivity index (χ0v) is 21.2. The summed E-state index contributed by atoms with van der Waals surface area (Å²) in [5, 5.41) is 5.65. The monoisotopic (exact) mass is 473 g/mol. The minimum atomic E-state index is 0.895. The Labute approximate surface area is 213 Å².